The number of carbonyl (C=O) groups excluding carboxylic acids is 1. The smallest absolute Gasteiger partial charge is 0.159 e. The van der Waals surface area contributed by atoms with E-state index in [2.05, 4.69) is 0 Å². The molecule has 0 aliphatic carbocycles. The fraction of sp³-hybridized carbons (Fsp3) is 0.0714. The predicted molar refractivity (Wildman–Crippen MR) is 67.3 cm³/mol. The summed E-state index contributed by atoms with van der Waals surface area (Å²) in [4.78, 5) is 11.1. The van der Waals surface area contributed by atoms with Gasteiger partial charge in [-0.2, -0.15) is 0 Å². The summed E-state index contributed by atoms with van der Waals surface area (Å²) in [5.74, 6) is 0.0869. The first kappa shape index (κ1) is 10.7. The summed E-state index contributed by atoms with van der Waals surface area (Å²) < 4.78 is 0. The maximum atomic E-state index is 11.1. The van der Waals surface area contributed by atoms with E-state index in [1.165, 1.54) is 0 Å². The Balaban J connectivity index is 2.34. The van der Waals surface area contributed by atoms with Crippen LogP contribution in [0.1, 0.15) is 17.3 Å². The highest BCUT2D eigenvalue weighted by molar-refractivity contribution is 6.32. The van der Waals surface area contributed by atoms with Crippen molar-refractivity contribution in [1.29, 1.82) is 0 Å². The van der Waals surface area contributed by atoms with Gasteiger partial charge in [-0.15, -0.1) is 0 Å². The molecular weight excluding hydrogens is 195 g/mol. The van der Waals surface area contributed by atoms with Crippen LogP contribution in [0, 0.1) is 0 Å². The second kappa shape index (κ2) is 4.36. The third-order valence-corrected chi connectivity index (χ3v) is 2.54. The zero-order chi connectivity index (χ0) is 11.5. The SMILES string of the molecule is [B]c1ccc(-c2ccc(C(C)=O)cc2)cc1. The summed E-state index contributed by atoms with van der Waals surface area (Å²) >= 11 is 0. The Kier molecular flexibility index (Phi) is 2.91. The molecule has 2 aromatic rings. The molecule has 2 heteroatoms. The molecule has 0 atom stereocenters. The lowest BCUT2D eigenvalue weighted by molar-refractivity contribution is 0.101. The highest BCUT2D eigenvalue weighted by Crippen LogP contribution is 2.18. The van der Waals surface area contributed by atoms with E-state index in [0.717, 1.165) is 22.2 Å². The molecule has 0 saturated carbocycles. The van der Waals surface area contributed by atoms with E-state index < -0.39 is 0 Å². The third-order valence-electron chi connectivity index (χ3n) is 2.54. The van der Waals surface area contributed by atoms with Gasteiger partial charge in [0, 0.05) is 5.56 Å². The summed E-state index contributed by atoms with van der Waals surface area (Å²) in [6, 6.07) is 15.3. The van der Waals surface area contributed by atoms with Gasteiger partial charge in [-0.05, 0) is 18.1 Å². The van der Waals surface area contributed by atoms with Gasteiger partial charge in [-0.25, -0.2) is 0 Å². The van der Waals surface area contributed by atoms with E-state index >= 15 is 0 Å². The van der Waals surface area contributed by atoms with Gasteiger partial charge in [-0.1, -0.05) is 54.0 Å². The summed E-state index contributed by atoms with van der Waals surface area (Å²) in [5, 5.41) is 0. The summed E-state index contributed by atoms with van der Waals surface area (Å²) in [6.07, 6.45) is 0. The van der Waals surface area contributed by atoms with Crippen LogP contribution in [0.5, 0.6) is 0 Å². The van der Waals surface area contributed by atoms with E-state index in [9.17, 15) is 4.79 Å². The molecule has 2 aromatic carbocycles. The van der Waals surface area contributed by atoms with E-state index in [0.29, 0.717) is 0 Å². The molecule has 0 fully saturated rings. The van der Waals surface area contributed by atoms with Gasteiger partial charge in [0.25, 0.3) is 0 Å². The van der Waals surface area contributed by atoms with Gasteiger partial charge in [0.05, 0.1) is 0 Å². The Morgan fingerprint density at radius 2 is 1.31 bits per heavy atom. The van der Waals surface area contributed by atoms with E-state index in [4.69, 9.17) is 7.85 Å². The van der Waals surface area contributed by atoms with Gasteiger partial charge >= 0.3 is 0 Å². The molecule has 0 aliphatic rings. The average Bonchev–Trinajstić information content (AvgIpc) is 2.30. The van der Waals surface area contributed by atoms with Crippen LogP contribution >= 0.6 is 0 Å². The van der Waals surface area contributed by atoms with Crippen LogP contribution in [0.15, 0.2) is 48.5 Å². The summed E-state index contributed by atoms with van der Waals surface area (Å²) in [6.45, 7) is 1.57. The number of hydrogen-bond donors (Lipinski definition) is 0. The lowest BCUT2D eigenvalue weighted by Crippen LogP contribution is -1.99. The van der Waals surface area contributed by atoms with Crippen molar-refractivity contribution < 1.29 is 4.79 Å². The van der Waals surface area contributed by atoms with Gasteiger partial charge in [0.15, 0.2) is 5.78 Å². The molecule has 1 nitrogen and oxygen atoms in total. The van der Waals surface area contributed by atoms with Crippen LogP contribution in [-0.2, 0) is 0 Å². The fourth-order valence-electron chi connectivity index (χ4n) is 1.57. The van der Waals surface area contributed by atoms with Crippen LogP contribution < -0.4 is 5.46 Å². The summed E-state index contributed by atoms with van der Waals surface area (Å²) in [7, 11) is 5.62. The maximum absolute atomic E-state index is 11.1. The summed E-state index contributed by atoms with van der Waals surface area (Å²) in [5.41, 5.74) is 3.68. The van der Waals surface area contributed by atoms with Crippen LogP contribution in [0.2, 0.25) is 0 Å². The van der Waals surface area contributed by atoms with Crippen molar-refractivity contribution in [2.75, 3.05) is 0 Å². The lowest BCUT2D eigenvalue weighted by Gasteiger charge is -2.03. The van der Waals surface area contributed by atoms with Gasteiger partial charge in [-0.3, -0.25) is 4.79 Å². The third kappa shape index (κ3) is 2.22. The van der Waals surface area contributed by atoms with E-state index in [1.54, 1.807) is 6.92 Å². The molecule has 0 unspecified atom stereocenters. The van der Waals surface area contributed by atoms with Crippen LogP contribution in [0.3, 0.4) is 0 Å². The second-order valence-electron chi connectivity index (χ2n) is 3.76. The van der Waals surface area contributed by atoms with Crippen LogP contribution in [-0.4, -0.2) is 13.6 Å². The predicted octanol–water partition coefficient (Wildman–Crippen LogP) is 2.35. The average molecular weight is 206 g/mol. The maximum Gasteiger partial charge on any atom is 0.159 e. The fourth-order valence-corrected chi connectivity index (χ4v) is 1.57. The molecule has 0 saturated heterocycles. The molecule has 76 valence electrons. The molecule has 2 rings (SSSR count). The Morgan fingerprint density at radius 3 is 1.75 bits per heavy atom. The molecule has 16 heavy (non-hydrogen) atoms. The monoisotopic (exact) mass is 206 g/mol. The highest BCUT2D eigenvalue weighted by atomic mass is 16.1. The number of ketones is 1. The number of hydrogen-bond acceptors (Lipinski definition) is 1. The van der Waals surface area contributed by atoms with E-state index in [1.807, 2.05) is 48.5 Å². The minimum Gasteiger partial charge on any atom is -0.295 e. The molecule has 0 spiro atoms. The number of rotatable bonds is 2. The zero-order valence-electron chi connectivity index (χ0n) is 9.10. The van der Waals surface area contributed by atoms with Crippen molar-refractivity contribution in [3.05, 3.63) is 54.1 Å². The molecule has 0 heterocycles. The first-order valence-electron chi connectivity index (χ1n) is 5.14. The van der Waals surface area contributed by atoms with Crippen molar-refractivity contribution >= 4 is 19.1 Å². The second-order valence-corrected chi connectivity index (χ2v) is 3.76. The molecule has 0 aliphatic heterocycles. The standard InChI is InChI=1S/C14H11BO/c1-10(16)11-2-4-12(5-3-11)13-6-8-14(15)9-7-13/h2-9H,1H3. The minimum absolute atomic E-state index is 0.0869. The Morgan fingerprint density at radius 1 is 0.875 bits per heavy atom. The van der Waals surface area contributed by atoms with Crippen LogP contribution in [0.25, 0.3) is 11.1 Å². The van der Waals surface area contributed by atoms with Crippen molar-refractivity contribution in [2.24, 2.45) is 0 Å². The Labute approximate surface area is 96.5 Å². The lowest BCUT2D eigenvalue weighted by atomic mass is 9.93. The van der Waals surface area contributed by atoms with Crippen LogP contribution in [0.4, 0.5) is 0 Å². The highest BCUT2D eigenvalue weighted by Gasteiger charge is 2.00. The molecule has 0 bridgehead atoms. The normalized spacial score (nSPS) is 10.1. The largest absolute Gasteiger partial charge is 0.295 e. The number of carbonyl (C=O) groups is 1. The Hall–Kier alpha value is -1.83. The van der Waals surface area contributed by atoms with Crippen molar-refractivity contribution in [3.63, 3.8) is 0 Å². The van der Waals surface area contributed by atoms with Crippen molar-refractivity contribution in [2.45, 2.75) is 6.92 Å². The van der Waals surface area contributed by atoms with Crippen molar-refractivity contribution in [3.8, 4) is 11.1 Å². The van der Waals surface area contributed by atoms with Gasteiger partial charge in [0.1, 0.15) is 7.85 Å². The van der Waals surface area contributed by atoms with Gasteiger partial charge < -0.3 is 0 Å². The first-order chi connectivity index (χ1) is 7.66. The molecule has 0 aromatic heterocycles. The Bertz CT molecular complexity index is 497. The molecular formula is C14H11BO. The first-order valence-corrected chi connectivity index (χ1v) is 5.14. The number of benzene rings is 2. The van der Waals surface area contributed by atoms with E-state index in [-0.39, 0.29) is 5.78 Å². The minimum atomic E-state index is 0.0869. The van der Waals surface area contributed by atoms with Crippen molar-refractivity contribution in [1.82, 2.24) is 0 Å². The molecule has 2 radical (unpaired) electrons. The topological polar surface area (TPSA) is 17.1 Å². The molecule has 0 amide bonds. The molecule has 0 N–H and O–H groups in total. The number of Topliss-reactive ketones (excluding diaryl/α,β-unsaturated/α-hetero) is 1. The zero-order valence-corrected chi connectivity index (χ0v) is 9.10. The van der Waals surface area contributed by atoms with Gasteiger partial charge in [0.2, 0.25) is 0 Å². The quantitative estimate of drug-likeness (QED) is 0.544.